The van der Waals surface area contributed by atoms with E-state index in [4.69, 9.17) is 4.74 Å². The fourth-order valence-electron chi connectivity index (χ4n) is 3.08. The van der Waals surface area contributed by atoms with Crippen LogP contribution in [0.1, 0.15) is 38.9 Å². The van der Waals surface area contributed by atoms with E-state index in [2.05, 4.69) is 6.58 Å². The Hall–Kier alpha value is -2.14. The van der Waals surface area contributed by atoms with Gasteiger partial charge in [0.2, 0.25) is 5.91 Å². The third-order valence-electron chi connectivity index (χ3n) is 4.33. The van der Waals surface area contributed by atoms with Crippen LogP contribution in [-0.4, -0.2) is 34.2 Å². The zero-order valence-electron chi connectivity index (χ0n) is 14.4. The first-order valence-electron chi connectivity index (χ1n) is 8.26. The van der Waals surface area contributed by atoms with Crippen LogP contribution in [0.4, 0.5) is 4.79 Å². The number of nitrogens with zero attached hydrogens (tertiary/aromatic N) is 1. The number of carbonyl (C=O) groups excluding carboxylic acids is 2. The Kier molecular flexibility index (Phi) is 5.78. The minimum absolute atomic E-state index is 0.201. The van der Waals surface area contributed by atoms with Gasteiger partial charge in [-0.15, -0.1) is 6.58 Å². The second kappa shape index (κ2) is 7.62. The molecule has 3 unspecified atom stereocenters. The molecule has 130 valence electrons. The molecular weight excluding hydrogens is 306 g/mol. The molecule has 5 nitrogen and oxygen atoms in total. The van der Waals surface area contributed by atoms with E-state index in [0.717, 1.165) is 10.5 Å². The smallest absolute Gasteiger partial charge is 0.417 e. The molecule has 0 spiro atoms. The van der Waals surface area contributed by atoms with E-state index in [1.54, 1.807) is 6.92 Å². The summed E-state index contributed by atoms with van der Waals surface area (Å²) in [6.45, 7) is 9.28. The normalized spacial score (nSPS) is 23.0. The molecule has 4 atom stereocenters. The number of cyclic esters (lactones) is 1. The van der Waals surface area contributed by atoms with Gasteiger partial charge in [0, 0.05) is 0 Å². The van der Waals surface area contributed by atoms with Crippen molar-refractivity contribution in [2.24, 2.45) is 11.8 Å². The standard InChI is InChI=1S/C19H25NO4/c1-5-16(21)15(11-12(2)3)18(22)20-13(4)17(24-19(20)23)14-9-7-6-8-10-14/h5-10,12-13,15-17,21H,1,11H2,2-4H3/t13?,15-,16?,17?/m1/s1. The number of aliphatic hydroxyl groups excluding tert-OH is 1. The van der Waals surface area contributed by atoms with E-state index in [1.807, 2.05) is 44.2 Å². The molecular formula is C19H25NO4. The highest BCUT2D eigenvalue weighted by Crippen LogP contribution is 2.34. The lowest BCUT2D eigenvalue weighted by Gasteiger charge is -2.27. The van der Waals surface area contributed by atoms with Crippen molar-refractivity contribution in [2.45, 2.75) is 45.4 Å². The topological polar surface area (TPSA) is 66.8 Å². The molecule has 1 fully saturated rings. The molecule has 2 rings (SSSR count). The van der Waals surface area contributed by atoms with Crippen LogP contribution in [0.25, 0.3) is 0 Å². The second-order valence-electron chi connectivity index (χ2n) is 6.63. The summed E-state index contributed by atoms with van der Waals surface area (Å²) in [7, 11) is 0. The SMILES string of the molecule is C=CC(O)[C@@H](CC(C)C)C(=O)N1C(=O)OC(c2ccccc2)C1C. The maximum atomic E-state index is 12.9. The number of imide groups is 1. The van der Waals surface area contributed by atoms with Crippen LogP contribution >= 0.6 is 0 Å². The van der Waals surface area contributed by atoms with E-state index >= 15 is 0 Å². The molecule has 0 aromatic heterocycles. The van der Waals surface area contributed by atoms with Crippen LogP contribution in [0.15, 0.2) is 43.0 Å². The number of hydrogen-bond acceptors (Lipinski definition) is 4. The predicted molar refractivity (Wildman–Crippen MR) is 91.1 cm³/mol. The van der Waals surface area contributed by atoms with Crippen molar-refractivity contribution in [2.75, 3.05) is 0 Å². The Balaban J connectivity index is 2.24. The molecule has 5 heteroatoms. The van der Waals surface area contributed by atoms with Gasteiger partial charge in [-0.1, -0.05) is 50.3 Å². The highest BCUT2D eigenvalue weighted by molar-refractivity contribution is 5.95. The highest BCUT2D eigenvalue weighted by atomic mass is 16.6. The fraction of sp³-hybridized carbons (Fsp3) is 0.474. The Morgan fingerprint density at radius 2 is 2.00 bits per heavy atom. The van der Waals surface area contributed by atoms with Gasteiger partial charge in [-0.05, 0) is 24.8 Å². The minimum atomic E-state index is -0.990. The molecule has 1 aromatic carbocycles. The molecule has 0 bridgehead atoms. The van der Waals surface area contributed by atoms with Crippen LogP contribution < -0.4 is 0 Å². The quantitative estimate of drug-likeness (QED) is 0.812. The van der Waals surface area contributed by atoms with Gasteiger partial charge < -0.3 is 9.84 Å². The Labute approximate surface area is 142 Å². The molecule has 1 aromatic rings. The van der Waals surface area contributed by atoms with E-state index < -0.39 is 36.2 Å². The minimum Gasteiger partial charge on any atom is -0.439 e. The number of hydrogen-bond donors (Lipinski definition) is 1. The van der Waals surface area contributed by atoms with Crippen LogP contribution in [-0.2, 0) is 9.53 Å². The molecule has 1 N–H and O–H groups in total. The van der Waals surface area contributed by atoms with Gasteiger partial charge in [-0.3, -0.25) is 4.79 Å². The average Bonchev–Trinajstić information content (AvgIpc) is 2.86. The van der Waals surface area contributed by atoms with Gasteiger partial charge in [-0.25, -0.2) is 9.69 Å². The zero-order valence-corrected chi connectivity index (χ0v) is 14.4. The van der Waals surface area contributed by atoms with Gasteiger partial charge in [0.05, 0.1) is 18.1 Å². The number of benzene rings is 1. The van der Waals surface area contributed by atoms with Gasteiger partial charge in [0.15, 0.2) is 0 Å². The molecule has 1 aliphatic heterocycles. The summed E-state index contributed by atoms with van der Waals surface area (Å²) < 4.78 is 5.42. The van der Waals surface area contributed by atoms with Gasteiger partial charge in [0.1, 0.15) is 6.10 Å². The molecule has 1 heterocycles. The maximum absolute atomic E-state index is 12.9. The number of carbonyl (C=O) groups is 2. The van der Waals surface area contributed by atoms with E-state index in [9.17, 15) is 14.7 Å². The highest BCUT2D eigenvalue weighted by Gasteiger charge is 2.46. The van der Waals surface area contributed by atoms with Crippen LogP contribution in [0, 0.1) is 11.8 Å². The molecule has 0 radical (unpaired) electrons. The predicted octanol–water partition coefficient (Wildman–Crippen LogP) is 3.30. The molecule has 0 saturated carbocycles. The number of rotatable bonds is 6. The number of aliphatic hydroxyl groups is 1. The number of ether oxygens (including phenoxy) is 1. The summed E-state index contributed by atoms with van der Waals surface area (Å²) in [4.78, 5) is 26.3. The van der Waals surface area contributed by atoms with Gasteiger partial charge >= 0.3 is 6.09 Å². The summed E-state index contributed by atoms with van der Waals surface area (Å²) in [6.07, 6.45) is -0.338. The molecule has 2 amide bonds. The van der Waals surface area contributed by atoms with E-state index in [0.29, 0.717) is 6.42 Å². The summed E-state index contributed by atoms with van der Waals surface area (Å²) in [6, 6.07) is 8.91. The number of amides is 2. The lowest BCUT2D eigenvalue weighted by molar-refractivity contribution is -0.136. The average molecular weight is 331 g/mol. The Bertz CT molecular complexity index is 599. The first-order valence-corrected chi connectivity index (χ1v) is 8.26. The third kappa shape index (κ3) is 3.67. The molecule has 1 saturated heterocycles. The first kappa shape index (κ1) is 18.2. The first-order chi connectivity index (χ1) is 11.4. The summed E-state index contributed by atoms with van der Waals surface area (Å²) in [5.41, 5.74) is 0.846. The van der Waals surface area contributed by atoms with Crippen molar-refractivity contribution in [3.8, 4) is 0 Å². The van der Waals surface area contributed by atoms with E-state index in [1.165, 1.54) is 6.08 Å². The third-order valence-corrected chi connectivity index (χ3v) is 4.33. The lowest BCUT2D eigenvalue weighted by Crippen LogP contribution is -2.45. The van der Waals surface area contributed by atoms with Gasteiger partial charge in [-0.2, -0.15) is 0 Å². The Morgan fingerprint density at radius 3 is 2.54 bits per heavy atom. The molecule has 0 aliphatic carbocycles. The van der Waals surface area contributed by atoms with Crippen LogP contribution in [0.3, 0.4) is 0 Å². The van der Waals surface area contributed by atoms with Crippen LogP contribution in [0.5, 0.6) is 0 Å². The fourth-order valence-corrected chi connectivity index (χ4v) is 3.08. The monoisotopic (exact) mass is 331 g/mol. The zero-order chi connectivity index (χ0) is 17.9. The summed E-state index contributed by atoms with van der Waals surface area (Å²) >= 11 is 0. The van der Waals surface area contributed by atoms with Crippen LogP contribution in [0.2, 0.25) is 0 Å². The van der Waals surface area contributed by atoms with Gasteiger partial charge in [0.25, 0.3) is 0 Å². The van der Waals surface area contributed by atoms with Crippen molar-refractivity contribution in [1.82, 2.24) is 4.90 Å². The van der Waals surface area contributed by atoms with E-state index in [-0.39, 0.29) is 5.92 Å². The second-order valence-corrected chi connectivity index (χ2v) is 6.63. The largest absolute Gasteiger partial charge is 0.439 e. The summed E-state index contributed by atoms with van der Waals surface area (Å²) in [5.74, 6) is -0.911. The Morgan fingerprint density at radius 1 is 1.38 bits per heavy atom. The van der Waals surface area contributed by atoms with Crippen molar-refractivity contribution in [3.05, 3.63) is 48.6 Å². The van der Waals surface area contributed by atoms with Crippen molar-refractivity contribution >= 4 is 12.0 Å². The lowest BCUT2D eigenvalue weighted by atomic mass is 9.90. The maximum Gasteiger partial charge on any atom is 0.417 e. The van der Waals surface area contributed by atoms with Crippen molar-refractivity contribution in [3.63, 3.8) is 0 Å². The summed E-state index contributed by atoms with van der Waals surface area (Å²) in [5, 5.41) is 10.1. The van der Waals surface area contributed by atoms with Crippen molar-refractivity contribution in [1.29, 1.82) is 0 Å². The molecule has 1 aliphatic rings. The van der Waals surface area contributed by atoms with Crippen molar-refractivity contribution < 1.29 is 19.4 Å². The molecule has 24 heavy (non-hydrogen) atoms.